The smallest absolute Gasteiger partial charge is 0.249 e. The lowest BCUT2D eigenvalue weighted by atomic mass is 10.1. The van der Waals surface area contributed by atoms with Crippen molar-refractivity contribution in [3.63, 3.8) is 0 Å². The van der Waals surface area contributed by atoms with Gasteiger partial charge in [0.05, 0.1) is 11.7 Å². The van der Waals surface area contributed by atoms with E-state index in [0.717, 1.165) is 30.4 Å². The van der Waals surface area contributed by atoms with E-state index in [1.165, 1.54) is 12.8 Å². The molecule has 2 fully saturated rings. The molecule has 1 aliphatic carbocycles. The van der Waals surface area contributed by atoms with Gasteiger partial charge in [-0.15, -0.1) is 11.3 Å². The topological polar surface area (TPSA) is 64.4 Å². The van der Waals surface area contributed by atoms with Gasteiger partial charge in [0.2, 0.25) is 5.91 Å². The van der Waals surface area contributed by atoms with Crippen molar-refractivity contribution in [3.05, 3.63) is 21.9 Å². The number of carbonyl (C=O) groups excluding carboxylic acids is 1. The van der Waals surface area contributed by atoms with Gasteiger partial charge in [0.25, 0.3) is 0 Å². The van der Waals surface area contributed by atoms with Gasteiger partial charge in [-0.05, 0) is 31.2 Å². The molecule has 5 heteroatoms. The molecule has 2 atom stereocenters. The largest absolute Gasteiger partial charge is 0.376 e. The maximum absolute atomic E-state index is 11.0. The summed E-state index contributed by atoms with van der Waals surface area (Å²) in [7, 11) is 0. The molecule has 2 aliphatic rings. The zero-order valence-electron chi connectivity index (χ0n) is 10.2. The normalized spacial score (nSPS) is 27.6. The third-order valence-corrected chi connectivity index (χ3v) is 4.64. The van der Waals surface area contributed by atoms with Crippen LogP contribution in [-0.4, -0.2) is 24.7 Å². The molecule has 1 amide bonds. The number of ether oxygens (including phenoxy) is 1. The van der Waals surface area contributed by atoms with Gasteiger partial charge in [-0.3, -0.25) is 4.79 Å². The maximum Gasteiger partial charge on any atom is 0.249 e. The minimum atomic E-state index is -0.349. The van der Waals surface area contributed by atoms with Crippen molar-refractivity contribution in [1.29, 1.82) is 0 Å². The van der Waals surface area contributed by atoms with Crippen LogP contribution in [0.3, 0.4) is 0 Å². The molecule has 98 valence electrons. The van der Waals surface area contributed by atoms with Crippen molar-refractivity contribution in [2.75, 3.05) is 6.61 Å². The van der Waals surface area contributed by atoms with Crippen LogP contribution in [-0.2, 0) is 11.3 Å². The average molecular weight is 266 g/mol. The lowest BCUT2D eigenvalue weighted by Crippen LogP contribution is -2.37. The number of thiophene rings is 1. The number of primary amides is 1. The van der Waals surface area contributed by atoms with Crippen molar-refractivity contribution in [1.82, 2.24) is 5.32 Å². The highest BCUT2D eigenvalue weighted by Gasteiger charge is 2.40. The molecule has 1 aromatic rings. The molecule has 0 radical (unpaired) electrons. The Balaban J connectivity index is 1.55. The molecule has 0 spiro atoms. The van der Waals surface area contributed by atoms with E-state index < -0.39 is 0 Å². The zero-order valence-corrected chi connectivity index (χ0v) is 11.0. The summed E-state index contributed by atoms with van der Waals surface area (Å²) in [5.74, 6) is 0.423. The zero-order chi connectivity index (χ0) is 12.5. The van der Waals surface area contributed by atoms with E-state index in [9.17, 15) is 4.79 Å². The molecule has 0 bridgehead atoms. The first-order valence-electron chi connectivity index (χ1n) is 6.46. The van der Waals surface area contributed by atoms with Gasteiger partial charge in [-0.25, -0.2) is 0 Å². The molecular formula is C13H18N2O2S. The predicted octanol–water partition coefficient (Wildman–Crippen LogP) is 1.50. The molecule has 1 saturated carbocycles. The van der Waals surface area contributed by atoms with Crippen LogP contribution in [0.15, 0.2) is 11.4 Å². The Labute approximate surface area is 111 Å². The quantitative estimate of drug-likeness (QED) is 0.849. The molecular weight excluding hydrogens is 248 g/mol. The van der Waals surface area contributed by atoms with E-state index in [0.29, 0.717) is 17.7 Å². The molecule has 2 unspecified atom stereocenters. The summed E-state index contributed by atoms with van der Waals surface area (Å²) in [6.45, 7) is 1.67. The summed E-state index contributed by atoms with van der Waals surface area (Å²) in [4.78, 5) is 12.2. The Morgan fingerprint density at radius 1 is 1.50 bits per heavy atom. The summed E-state index contributed by atoms with van der Waals surface area (Å²) in [5, 5.41) is 5.38. The standard InChI is InChI=1S/C13H18N2O2S/c14-13(16)9-5-10(18-7-9)6-15-11-3-4-17-12(11)8-1-2-8/h5,7-8,11-12,15H,1-4,6H2,(H2,14,16). The minimum absolute atomic E-state index is 0.349. The summed E-state index contributed by atoms with van der Waals surface area (Å²) in [6, 6.07) is 2.35. The fraction of sp³-hybridized carbons (Fsp3) is 0.615. The third-order valence-electron chi connectivity index (χ3n) is 3.70. The van der Waals surface area contributed by atoms with Gasteiger partial charge in [0.15, 0.2) is 0 Å². The number of nitrogens with two attached hydrogens (primary N) is 1. The molecule has 1 aliphatic heterocycles. The van der Waals surface area contributed by atoms with Crippen LogP contribution < -0.4 is 11.1 Å². The van der Waals surface area contributed by atoms with E-state index in [4.69, 9.17) is 10.5 Å². The highest BCUT2D eigenvalue weighted by molar-refractivity contribution is 7.10. The van der Waals surface area contributed by atoms with Crippen LogP contribution in [0.2, 0.25) is 0 Å². The Hall–Kier alpha value is -0.910. The lowest BCUT2D eigenvalue weighted by molar-refractivity contribution is 0.0809. The van der Waals surface area contributed by atoms with Gasteiger partial charge >= 0.3 is 0 Å². The minimum Gasteiger partial charge on any atom is -0.376 e. The van der Waals surface area contributed by atoms with Crippen molar-refractivity contribution in [2.45, 2.75) is 38.0 Å². The van der Waals surface area contributed by atoms with Crippen LogP contribution in [0.25, 0.3) is 0 Å². The molecule has 4 nitrogen and oxygen atoms in total. The first-order valence-corrected chi connectivity index (χ1v) is 7.34. The monoisotopic (exact) mass is 266 g/mol. The number of rotatable bonds is 5. The molecule has 2 heterocycles. The van der Waals surface area contributed by atoms with Crippen molar-refractivity contribution >= 4 is 17.2 Å². The van der Waals surface area contributed by atoms with Gasteiger partial charge in [0.1, 0.15) is 0 Å². The average Bonchev–Trinajstić information content (AvgIpc) is 2.92. The second-order valence-corrected chi connectivity index (χ2v) is 6.11. The Bertz CT molecular complexity index is 442. The van der Waals surface area contributed by atoms with Crippen molar-refractivity contribution < 1.29 is 9.53 Å². The Kier molecular flexibility index (Phi) is 3.37. The Morgan fingerprint density at radius 2 is 2.33 bits per heavy atom. The van der Waals surface area contributed by atoms with Gasteiger partial charge in [-0.2, -0.15) is 0 Å². The van der Waals surface area contributed by atoms with Gasteiger partial charge < -0.3 is 15.8 Å². The van der Waals surface area contributed by atoms with E-state index in [1.54, 1.807) is 11.3 Å². The second kappa shape index (κ2) is 4.99. The first-order chi connectivity index (χ1) is 8.74. The highest BCUT2D eigenvalue weighted by atomic mass is 32.1. The number of hydrogen-bond acceptors (Lipinski definition) is 4. The molecule has 0 aromatic carbocycles. The predicted molar refractivity (Wildman–Crippen MR) is 70.5 cm³/mol. The number of hydrogen-bond donors (Lipinski definition) is 2. The van der Waals surface area contributed by atoms with E-state index >= 15 is 0 Å². The molecule has 1 aromatic heterocycles. The van der Waals surface area contributed by atoms with Crippen LogP contribution in [0.1, 0.15) is 34.5 Å². The third kappa shape index (κ3) is 2.58. The van der Waals surface area contributed by atoms with Crippen LogP contribution >= 0.6 is 11.3 Å². The highest BCUT2D eigenvalue weighted by Crippen LogP contribution is 2.38. The maximum atomic E-state index is 11.0. The van der Waals surface area contributed by atoms with Crippen molar-refractivity contribution in [2.24, 2.45) is 11.7 Å². The second-order valence-electron chi connectivity index (χ2n) is 5.11. The van der Waals surface area contributed by atoms with Gasteiger partial charge in [0, 0.05) is 29.5 Å². The summed E-state index contributed by atoms with van der Waals surface area (Å²) in [5.41, 5.74) is 5.85. The molecule has 3 N–H and O–H groups in total. The molecule has 1 saturated heterocycles. The fourth-order valence-corrected chi connectivity index (χ4v) is 3.38. The number of carbonyl (C=O) groups is 1. The number of nitrogens with one attached hydrogen (secondary N) is 1. The first kappa shape index (κ1) is 12.1. The SMILES string of the molecule is NC(=O)c1csc(CNC2CCOC2C2CC2)c1. The molecule has 18 heavy (non-hydrogen) atoms. The number of amides is 1. The van der Waals surface area contributed by atoms with Crippen molar-refractivity contribution in [3.8, 4) is 0 Å². The van der Waals surface area contributed by atoms with E-state index in [2.05, 4.69) is 5.32 Å². The summed E-state index contributed by atoms with van der Waals surface area (Å²) >= 11 is 1.58. The van der Waals surface area contributed by atoms with Crippen LogP contribution in [0.4, 0.5) is 0 Å². The Morgan fingerprint density at radius 3 is 3.00 bits per heavy atom. The fourth-order valence-electron chi connectivity index (χ4n) is 2.55. The van der Waals surface area contributed by atoms with Gasteiger partial charge in [-0.1, -0.05) is 0 Å². The molecule has 3 rings (SSSR count). The lowest BCUT2D eigenvalue weighted by Gasteiger charge is -2.18. The van der Waals surface area contributed by atoms with E-state index in [-0.39, 0.29) is 5.91 Å². The van der Waals surface area contributed by atoms with E-state index in [1.807, 2.05) is 11.4 Å². The van der Waals surface area contributed by atoms with Crippen LogP contribution in [0.5, 0.6) is 0 Å². The van der Waals surface area contributed by atoms with Crippen LogP contribution in [0, 0.1) is 5.92 Å². The summed E-state index contributed by atoms with van der Waals surface area (Å²) < 4.78 is 5.79. The summed E-state index contributed by atoms with van der Waals surface area (Å²) in [6.07, 6.45) is 4.12.